The molecule has 3 saturated carbocycles. The van der Waals surface area contributed by atoms with Crippen molar-refractivity contribution in [3.8, 4) is 0 Å². The lowest BCUT2D eigenvalue weighted by Gasteiger charge is -2.39. The second kappa shape index (κ2) is 9.60. The van der Waals surface area contributed by atoms with E-state index in [0.717, 1.165) is 43.6 Å². The van der Waals surface area contributed by atoms with Gasteiger partial charge in [-0.3, -0.25) is 4.79 Å². The fraction of sp³-hybridized carbons (Fsp3) is 0.571. The minimum atomic E-state index is -0.502. The summed E-state index contributed by atoms with van der Waals surface area (Å²) < 4.78 is 18.0. The summed E-state index contributed by atoms with van der Waals surface area (Å²) in [5.41, 5.74) is 0.212. The molecule has 0 N–H and O–H groups in total. The highest BCUT2D eigenvalue weighted by atomic mass is 35.5. The summed E-state index contributed by atoms with van der Waals surface area (Å²) in [6.45, 7) is 3.10. The first-order valence-electron chi connectivity index (χ1n) is 12.5. The summed E-state index contributed by atoms with van der Waals surface area (Å²) in [5, 5.41) is 0.724. The number of carbonyl (C=O) groups is 2. The van der Waals surface area contributed by atoms with Crippen LogP contribution in [0, 0.1) is 23.2 Å². The molecule has 1 aliphatic heterocycles. The summed E-state index contributed by atoms with van der Waals surface area (Å²) in [5.74, 6) is -0.0788. The molecule has 1 aromatic rings. The highest BCUT2D eigenvalue weighted by Crippen LogP contribution is 2.55. The third-order valence-electron chi connectivity index (χ3n) is 8.34. The largest absolute Gasteiger partial charge is 0.458 e. The van der Waals surface area contributed by atoms with Crippen molar-refractivity contribution in [2.75, 3.05) is 13.2 Å². The molecule has 1 aromatic carbocycles. The molecule has 0 radical (unpaired) electrons. The number of hydrogen-bond donors (Lipinski definition) is 0. The quantitative estimate of drug-likeness (QED) is 0.360. The summed E-state index contributed by atoms with van der Waals surface area (Å²) in [4.78, 5) is 26.1. The van der Waals surface area contributed by atoms with Crippen molar-refractivity contribution in [2.24, 2.45) is 23.2 Å². The Morgan fingerprint density at radius 2 is 1.88 bits per heavy atom. The molecule has 1 spiro atoms. The van der Waals surface area contributed by atoms with Crippen LogP contribution < -0.4 is 0 Å². The zero-order chi connectivity index (χ0) is 23.8. The molecule has 0 aromatic heterocycles. The Bertz CT molecular complexity index is 970. The number of allylic oxidation sites excluding steroid dienone is 3. The van der Waals surface area contributed by atoms with E-state index in [4.69, 9.17) is 25.8 Å². The van der Waals surface area contributed by atoms with Crippen LogP contribution in [0.4, 0.5) is 0 Å². The molecule has 4 aliphatic rings. The van der Waals surface area contributed by atoms with Gasteiger partial charge in [0.1, 0.15) is 6.10 Å². The van der Waals surface area contributed by atoms with E-state index in [1.54, 1.807) is 18.2 Å². The Morgan fingerprint density at radius 3 is 2.53 bits per heavy atom. The Hall–Kier alpha value is -1.95. The molecular formula is C28H33ClO5. The predicted molar refractivity (Wildman–Crippen MR) is 129 cm³/mol. The minimum absolute atomic E-state index is 0.0313. The van der Waals surface area contributed by atoms with E-state index in [0.29, 0.717) is 31.1 Å². The zero-order valence-corrected chi connectivity index (χ0v) is 20.5. The van der Waals surface area contributed by atoms with Gasteiger partial charge in [0.25, 0.3) is 0 Å². The normalized spacial score (nSPS) is 31.5. The summed E-state index contributed by atoms with van der Waals surface area (Å²) >= 11 is 6.05. The molecule has 34 heavy (non-hydrogen) atoms. The van der Waals surface area contributed by atoms with Crippen LogP contribution in [0.3, 0.4) is 0 Å². The van der Waals surface area contributed by atoms with Crippen molar-refractivity contribution in [3.05, 3.63) is 59.2 Å². The molecule has 6 heteroatoms. The van der Waals surface area contributed by atoms with Crippen molar-refractivity contribution in [1.82, 2.24) is 0 Å². The zero-order valence-electron chi connectivity index (χ0n) is 19.7. The van der Waals surface area contributed by atoms with E-state index in [1.165, 1.54) is 0 Å². The molecule has 3 aliphatic carbocycles. The number of fused-ring (bicyclic) bond motifs is 1. The number of esters is 1. The van der Waals surface area contributed by atoms with Gasteiger partial charge in [0.05, 0.1) is 18.8 Å². The predicted octanol–water partition coefficient (Wildman–Crippen LogP) is 5.83. The van der Waals surface area contributed by atoms with Gasteiger partial charge in [-0.05, 0) is 62.7 Å². The van der Waals surface area contributed by atoms with Crippen molar-refractivity contribution in [3.63, 3.8) is 0 Å². The molecule has 4 fully saturated rings. The highest BCUT2D eigenvalue weighted by Gasteiger charge is 2.57. The van der Waals surface area contributed by atoms with Gasteiger partial charge < -0.3 is 14.2 Å². The Kier molecular flexibility index (Phi) is 6.71. The van der Waals surface area contributed by atoms with Crippen LogP contribution in [-0.2, 0) is 19.0 Å². The van der Waals surface area contributed by atoms with E-state index in [9.17, 15) is 9.59 Å². The van der Waals surface area contributed by atoms with Crippen LogP contribution in [0.25, 0.3) is 0 Å². The monoisotopic (exact) mass is 484 g/mol. The number of halogens is 1. The minimum Gasteiger partial charge on any atom is -0.458 e. The highest BCUT2D eigenvalue weighted by molar-refractivity contribution is 6.29. The second-order valence-corrected chi connectivity index (χ2v) is 11.0. The second-order valence-electron chi connectivity index (χ2n) is 10.4. The first-order chi connectivity index (χ1) is 16.4. The van der Waals surface area contributed by atoms with E-state index in [1.807, 2.05) is 37.3 Å². The molecule has 0 amide bonds. The van der Waals surface area contributed by atoms with E-state index < -0.39 is 5.79 Å². The number of benzene rings is 1. The van der Waals surface area contributed by atoms with Gasteiger partial charge in [-0.1, -0.05) is 48.4 Å². The standard InChI is InChI=1S/C28H33ClO5/c1-19(29)10-13-27(11-5-12-27)25(30)9-8-22-23-18-28(32-14-15-33-28)17-21(23)16-24(22)34-26(31)20-6-3-2-4-7-20/h2-4,6-10,21-24H,5,11-18H2,1H3/t21-,22-,23+,24-/m1/s1. The van der Waals surface area contributed by atoms with Crippen molar-refractivity contribution in [2.45, 2.75) is 63.8 Å². The fourth-order valence-corrected chi connectivity index (χ4v) is 6.45. The number of rotatable bonds is 7. The van der Waals surface area contributed by atoms with Crippen LogP contribution in [-0.4, -0.2) is 36.9 Å². The van der Waals surface area contributed by atoms with E-state index >= 15 is 0 Å². The number of carbonyl (C=O) groups excluding carboxylic acids is 2. The molecule has 5 rings (SSSR count). The van der Waals surface area contributed by atoms with Gasteiger partial charge in [0, 0.05) is 29.2 Å². The molecule has 0 bridgehead atoms. The first kappa shape index (κ1) is 23.8. The molecule has 1 heterocycles. The van der Waals surface area contributed by atoms with Crippen molar-refractivity contribution < 1.29 is 23.8 Å². The van der Waals surface area contributed by atoms with Gasteiger partial charge >= 0.3 is 5.97 Å². The van der Waals surface area contributed by atoms with Gasteiger partial charge in [-0.2, -0.15) is 0 Å². The molecule has 0 unspecified atom stereocenters. The summed E-state index contributed by atoms with van der Waals surface area (Å²) in [7, 11) is 0. The molecular weight excluding hydrogens is 452 g/mol. The maximum Gasteiger partial charge on any atom is 0.338 e. The average molecular weight is 485 g/mol. The smallest absolute Gasteiger partial charge is 0.338 e. The van der Waals surface area contributed by atoms with Crippen LogP contribution in [0.5, 0.6) is 0 Å². The van der Waals surface area contributed by atoms with Gasteiger partial charge in [0.2, 0.25) is 0 Å². The van der Waals surface area contributed by atoms with Crippen LogP contribution in [0.1, 0.15) is 62.2 Å². The SMILES string of the molecule is CC(Cl)=CCC1(C(=O)C=C[C@@H]2[C@H]3CC4(C[C@H]3C[C@H]2OC(=O)c2ccccc2)OCCO4)CCC1. The maximum atomic E-state index is 13.3. The van der Waals surface area contributed by atoms with Crippen LogP contribution in [0.15, 0.2) is 53.6 Å². The van der Waals surface area contributed by atoms with Gasteiger partial charge in [0.15, 0.2) is 11.6 Å². The Morgan fingerprint density at radius 1 is 1.15 bits per heavy atom. The summed E-state index contributed by atoms with van der Waals surface area (Å²) in [6.07, 6.45) is 11.4. The molecule has 5 nitrogen and oxygen atoms in total. The van der Waals surface area contributed by atoms with Crippen molar-refractivity contribution >= 4 is 23.4 Å². The van der Waals surface area contributed by atoms with Gasteiger partial charge in [-0.15, -0.1) is 0 Å². The number of hydrogen-bond acceptors (Lipinski definition) is 5. The van der Waals surface area contributed by atoms with E-state index in [2.05, 4.69) is 0 Å². The van der Waals surface area contributed by atoms with Crippen LogP contribution in [0.2, 0.25) is 0 Å². The third kappa shape index (κ3) is 4.62. The molecule has 4 atom stereocenters. The topological polar surface area (TPSA) is 61.8 Å². The lowest BCUT2D eigenvalue weighted by Crippen LogP contribution is -2.37. The van der Waals surface area contributed by atoms with Crippen molar-refractivity contribution in [1.29, 1.82) is 0 Å². The van der Waals surface area contributed by atoms with E-state index in [-0.39, 0.29) is 35.1 Å². The fourth-order valence-electron chi connectivity index (χ4n) is 6.37. The lowest BCUT2D eigenvalue weighted by atomic mass is 9.63. The number of ether oxygens (including phenoxy) is 3. The van der Waals surface area contributed by atoms with Crippen LogP contribution >= 0.6 is 11.6 Å². The number of ketones is 1. The third-order valence-corrected chi connectivity index (χ3v) is 8.50. The summed E-state index contributed by atoms with van der Waals surface area (Å²) in [6, 6.07) is 9.10. The molecule has 1 saturated heterocycles. The maximum absolute atomic E-state index is 13.3. The Balaban J connectivity index is 1.34. The Labute approximate surface area is 206 Å². The lowest BCUT2D eigenvalue weighted by molar-refractivity contribution is -0.157. The average Bonchev–Trinajstić information content (AvgIpc) is 3.47. The van der Waals surface area contributed by atoms with Gasteiger partial charge in [-0.25, -0.2) is 4.79 Å². The first-order valence-corrected chi connectivity index (χ1v) is 12.9. The molecule has 182 valence electrons.